The van der Waals surface area contributed by atoms with Crippen LogP contribution in [0.25, 0.3) is 0 Å². The highest BCUT2D eigenvalue weighted by molar-refractivity contribution is 8.76. The van der Waals surface area contributed by atoms with Gasteiger partial charge in [-0.25, -0.2) is 0 Å². The molecule has 0 atom stereocenters. The largest absolute Gasteiger partial charge is 0.468 e. The van der Waals surface area contributed by atoms with Gasteiger partial charge in [0.1, 0.15) is 0 Å². The zero-order chi connectivity index (χ0) is 16.8. The van der Waals surface area contributed by atoms with E-state index in [4.69, 9.17) is 0 Å². The van der Waals surface area contributed by atoms with E-state index in [1.165, 1.54) is 35.8 Å². The summed E-state index contributed by atoms with van der Waals surface area (Å²) in [6.07, 6.45) is 0.731. The number of ether oxygens (including phenoxy) is 2. The summed E-state index contributed by atoms with van der Waals surface area (Å²) in [4.78, 5) is 44.5. The summed E-state index contributed by atoms with van der Waals surface area (Å²) in [5, 5.41) is -0.105. The zero-order valence-corrected chi connectivity index (χ0v) is 15.6. The Bertz CT molecular complexity index is 352. The van der Waals surface area contributed by atoms with E-state index in [0.717, 1.165) is 23.5 Å². The average molecular weight is 387 g/mol. The monoisotopic (exact) mass is 386 g/mol. The molecule has 0 aromatic rings. The van der Waals surface area contributed by atoms with Gasteiger partial charge in [-0.15, -0.1) is 0 Å². The van der Waals surface area contributed by atoms with Crippen LogP contribution in [0, 0.1) is 0 Å². The molecule has 0 spiro atoms. The Morgan fingerprint density at radius 3 is 1.41 bits per heavy atom. The number of carbonyl (C=O) groups excluding carboxylic acids is 4. The molecule has 6 nitrogen and oxygen atoms in total. The Morgan fingerprint density at radius 2 is 1.09 bits per heavy atom. The summed E-state index contributed by atoms with van der Waals surface area (Å²) in [5.41, 5.74) is 0. The molecule has 10 heteroatoms. The lowest BCUT2D eigenvalue weighted by Gasteiger charge is -2.01. The Hall–Kier alpha value is -0.320. The van der Waals surface area contributed by atoms with Crippen molar-refractivity contribution >= 4 is 67.3 Å². The van der Waals surface area contributed by atoms with Crippen LogP contribution in [0.3, 0.4) is 0 Å². The third-order valence-electron chi connectivity index (χ3n) is 2.02. The van der Waals surface area contributed by atoms with Gasteiger partial charge in [0, 0.05) is 24.3 Å². The highest BCUT2D eigenvalue weighted by atomic mass is 33.1. The van der Waals surface area contributed by atoms with E-state index in [2.05, 4.69) is 9.47 Å². The molecule has 0 heterocycles. The van der Waals surface area contributed by atoms with Gasteiger partial charge >= 0.3 is 11.9 Å². The van der Waals surface area contributed by atoms with E-state index in [0.29, 0.717) is 24.3 Å². The molecule has 0 rings (SSSR count). The quantitative estimate of drug-likeness (QED) is 0.298. The molecule has 0 aromatic carbocycles. The van der Waals surface area contributed by atoms with Crippen molar-refractivity contribution in [3.05, 3.63) is 0 Å². The van der Waals surface area contributed by atoms with E-state index < -0.39 is 11.9 Å². The molecular formula is C12H18O6S4. The molecule has 0 aliphatic rings. The molecule has 0 aliphatic heterocycles. The maximum absolute atomic E-state index is 11.4. The van der Waals surface area contributed by atoms with E-state index >= 15 is 0 Å². The van der Waals surface area contributed by atoms with Gasteiger partial charge in [-0.1, -0.05) is 45.1 Å². The maximum Gasteiger partial charge on any atom is 0.316 e. The summed E-state index contributed by atoms with van der Waals surface area (Å²) >= 11 is 1.90. The zero-order valence-electron chi connectivity index (χ0n) is 12.3. The van der Waals surface area contributed by atoms with Crippen LogP contribution in [-0.2, 0) is 28.7 Å². The molecule has 0 N–H and O–H groups in total. The minimum Gasteiger partial charge on any atom is -0.468 e. The highest BCUT2D eigenvalue weighted by Crippen LogP contribution is 2.24. The molecule has 0 aromatic heterocycles. The molecule has 0 saturated heterocycles. The van der Waals surface area contributed by atoms with Crippen LogP contribution in [-0.4, -0.2) is 59.4 Å². The van der Waals surface area contributed by atoms with Crippen LogP contribution in [0.4, 0.5) is 0 Å². The van der Waals surface area contributed by atoms with Gasteiger partial charge in [-0.3, -0.25) is 19.2 Å². The number of hydrogen-bond donors (Lipinski definition) is 0. The van der Waals surface area contributed by atoms with Crippen LogP contribution in [0.2, 0.25) is 0 Å². The normalized spacial score (nSPS) is 10.1. The Balaban J connectivity index is 3.46. The number of thioether (sulfide) groups is 2. The van der Waals surface area contributed by atoms with Gasteiger partial charge in [0.2, 0.25) is 0 Å². The van der Waals surface area contributed by atoms with Crippen molar-refractivity contribution in [3.63, 3.8) is 0 Å². The van der Waals surface area contributed by atoms with Crippen molar-refractivity contribution in [1.82, 2.24) is 0 Å². The Labute approximate surface area is 146 Å². The molecule has 0 amide bonds. The fourth-order valence-corrected chi connectivity index (χ4v) is 4.43. The van der Waals surface area contributed by atoms with Crippen molar-refractivity contribution in [2.75, 3.05) is 37.2 Å². The lowest BCUT2D eigenvalue weighted by Crippen LogP contribution is -2.06. The summed E-state index contributed by atoms with van der Waals surface area (Å²) < 4.78 is 8.88. The maximum atomic E-state index is 11.4. The fraction of sp³-hybridized carbons (Fsp3) is 0.667. The summed E-state index contributed by atoms with van der Waals surface area (Å²) in [6, 6.07) is 0. The third-order valence-corrected chi connectivity index (χ3v) is 6.24. The van der Waals surface area contributed by atoms with Gasteiger partial charge in [0.05, 0.1) is 25.7 Å². The summed E-state index contributed by atoms with van der Waals surface area (Å²) in [7, 11) is 5.58. The molecule has 126 valence electrons. The first-order chi connectivity index (χ1) is 10.5. The van der Waals surface area contributed by atoms with E-state index in [-0.39, 0.29) is 21.7 Å². The summed E-state index contributed by atoms with van der Waals surface area (Å²) in [5.74, 6) is 0.507. The van der Waals surface area contributed by atoms with E-state index in [1.807, 2.05) is 0 Å². The van der Waals surface area contributed by atoms with Crippen LogP contribution < -0.4 is 0 Å². The fourth-order valence-electron chi connectivity index (χ4n) is 0.909. The van der Waals surface area contributed by atoms with Gasteiger partial charge in [0.15, 0.2) is 10.2 Å². The van der Waals surface area contributed by atoms with Crippen LogP contribution >= 0.6 is 45.1 Å². The van der Waals surface area contributed by atoms with Crippen LogP contribution in [0.5, 0.6) is 0 Å². The average Bonchev–Trinajstić information content (AvgIpc) is 2.53. The molecule has 0 unspecified atom stereocenters. The molecular weight excluding hydrogens is 368 g/mol. The van der Waals surface area contributed by atoms with Gasteiger partial charge in [-0.2, -0.15) is 0 Å². The Kier molecular flexibility index (Phi) is 14.1. The van der Waals surface area contributed by atoms with Crippen molar-refractivity contribution < 1.29 is 28.7 Å². The second-order valence-corrected chi connectivity index (χ2v) is 8.39. The van der Waals surface area contributed by atoms with Crippen molar-refractivity contribution in [2.45, 2.75) is 12.8 Å². The number of rotatable bonds is 11. The first kappa shape index (κ1) is 21.7. The molecule has 22 heavy (non-hydrogen) atoms. The summed E-state index contributed by atoms with van der Waals surface area (Å²) in [6.45, 7) is 0. The highest BCUT2D eigenvalue weighted by Gasteiger charge is 2.09. The minimum atomic E-state index is -0.414. The number of hydrogen-bond acceptors (Lipinski definition) is 10. The topological polar surface area (TPSA) is 86.7 Å². The molecule has 0 fully saturated rings. The van der Waals surface area contributed by atoms with Gasteiger partial charge in [-0.05, 0) is 0 Å². The Morgan fingerprint density at radius 1 is 0.727 bits per heavy atom. The standard InChI is InChI=1S/C12H18O6S4/c1-17-9(13)7-19-11(15)3-5-21-22-6-4-12(16)20-8-10(14)18-2/h3-8H2,1-2H3. The van der Waals surface area contributed by atoms with Gasteiger partial charge in [0.25, 0.3) is 0 Å². The molecule has 0 bridgehead atoms. The molecule has 0 aliphatic carbocycles. The van der Waals surface area contributed by atoms with Crippen LogP contribution in [0.1, 0.15) is 12.8 Å². The molecule has 0 saturated carbocycles. The van der Waals surface area contributed by atoms with Crippen molar-refractivity contribution in [2.24, 2.45) is 0 Å². The third kappa shape index (κ3) is 13.4. The van der Waals surface area contributed by atoms with E-state index in [9.17, 15) is 19.2 Å². The van der Waals surface area contributed by atoms with Crippen molar-refractivity contribution in [1.29, 1.82) is 0 Å². The first-order valence-electron chi connectivity index (χ1n) is 6.19. The lowest BCUT2D eigenvalue weighted by atomic mass is 10.5. The number of methoxy groups -OCH3 is 2. The lowest BCUT2D eigenvalue weighted by molar-refractivity contribution is -0.138. The smallest absolute Gasteiger partial charge is 0.316 e. The predicted molar refractivity (Wildman–Crippen MR) is 93.1 cm³/mol. The number of carbonyl (C=O) groups is 4. The molecule has 0 radical (unpaired) electrons. The first-order valence-corrected chi connectivity index (χ1v) is 10.6. The second kappa shape index (κ2) is 14.3. The van der Waals surface area contributed by atoms with Gasteiger partial charge < -0.3 is 9.47 Å². The van der Waals surface area contributed by atoms with Crippen LogP contribution in [0.15, 0.2) is 0 Å². The predicted octanol–water partition coefficient (Wildman–Crippen LogP) is 2.01. The van der Waals surface area contributed by atoms with Crippen molar-refractivity contribution in [3.8, 4) is 0 Å². The SMILES string of the molecule is COC(=O)CSC(=O)CCSSCCC(=O)SCC(=O)OC. The number of esters is 2. The second-order valence-electron chi connectivity index (χ2n) is 3.62. The minimum absolute atomic E-state index is 0.0407. The van der Waals surface area contributed by atoms with E-state index in [1.54, 1.807) is 0 Å².